The smallest absolute Gasteiger partial charge is 0.201 e. The van der Waals surface area contributed by atoms with Crippen LogP contribution in [0.3, 0.4) is 0 Å². The molecule has 0 amide bonds. The molecule has 3 aliphatic rings. The summed E-state index contributed by atoms with van der Waals surface area (Å²) in [6, 6.07) is 20.8. The molecule has 0 fully saturated rings. The van der Waals surface area contributed by atoms with Crippen molar-refractivity contribution in [1.82, 2.24) is 0 Å². The SMILES string of the molecule is CCCCCCCCCCCC1(C)N=c2/c(=C3\C(=O)C(c4ccc5cccc6c5c4NC(C)(CCCCCCCCCCC)N6)=C3O)ccc3cccc(c23)N1. The van der Waals surface area contributed by atoms with Crippen molar-refractivity contribution < 1.29 is 9.90 Å². The van der Waals surface area contributed by atoms with Crippen molar-refractivity contribution in [3.05, 3.63) is 82.6 Å². The normalized spacial score (nSPS) is 20.8. The van der Waals surface area contributed by atoms with Gasteiger partial charge in [0.15, 0.2) is 0 Å². The lowest BCUT2D eigenvalue weighted by Crippen LogP contribution is -2.46. The predicted molar refractivity (Wildman–Crippen MR) is 238 cm³/mol. The van der Waals surface area contributed by atoms with Gasteiger partial charge in [-0.2, -0.15) is 0 Å². The fourth-order valence-corrected chi connectivity index (χ4v) is 9.49. The molecule has 0 aromatic heterocycles. The van der Waals surface area contributed by atoms with Crippen LogP contribution < -0.4 is 26.5 Å². The molecule has 4 N–H and O–H groups in total. The Balaban J connectivity index is 1.15. The van der Waals surface area contributed by atoms with Gasteiger partial charge >= 0.3 is 0 Å². The van der Waals surface area contributed by atoms with Gasteiger partial charge in [0.05, 0.1) is 22.2 Å². The molecule has 298 valence electrons. The first kappa shape index (κ1) is 39.9. The highest BCUT2D eigenvalue weighted by molar-refractivity contribution is 6.52. The molecule has 0 bridgehead atoms. The van der Waals surface area contributed by atoms with E-state index in [1.54, 1.807) is 0 Å². The van der Waals surface area contributed by atoms with Crippen LogP contribution >= 0.6 is 0 Å². The minimum absolute atomic E-state index is 0.0616. The summed E-state index contributed by atoms with van der Waals surface area (Å²) in [4.78, 5) is 19.8. The molecular formula is C50H66N4O2. The molecule has 2 aliphatic heterocycles. The second-order valence-electron chi connectivity index (χ2n) is 17.4. The number of aliphatic hydroxyl groups excluding tert-OH is 1. The number of carbonyl (C=O) groups excluding carboxylic acids is 1. The van der Waals surface area contributed by atoms with E-state index in [4.69, 9.17) is 4.99 Å². The Morgan fingerprint density at radius 3 is 1.71 bits per heavy atom. The topological polar surface area (TPSA) is 85.8 Å². The third-order valence-corrected chi connectivity index (χ3v) is 12.7. The van der Waals surface area contributed by atoms with Gasteiger partial charge in [-0.3, -0.25) is 9.79 Å². The summed E-state index contributed by atoms with van der Waals surface area (Å²) in [7, 11) is 0. The van der Waals surface area contributed by atoms with Crippen LogP contribution in [0.5, 0.6) is 0 Å². The van der Waals surface area contributed by atoms with Gasteiger partial charge in [0.2, 0.25) is 5.78 Å². The molecule has 0 saturated heterocycles. The van der Waals surface area contributed by atoms with Crippen LogP contribution in [-0.2, 0) is 4.79 Å². The zero-order valence-corrected chi connectivity index (χ0v) is 34.7. The molecule has 0 spiro atoms. The molecule has 56 heavy (non-hydrogen) atoms. The number of nitrogens with zero attached hydrogens (tertiary/aromatic N) is 1. The molecule has 7 rings (SSSR count). The first-order valence-corrected chi connectivity index (χ1v) is 22.3. The van der Waals surface area contributed by atoms with Crippen LogP contribution in [0.15, 0.2) is 71.4 Å². The summed E-state index contributed by atoms with van der Waals surface area (Å²) in [5, 5.41) is 29.2. The van der Waals surface area contributed by atoms with Gasteiger partial charge in [-0.05, 0) is 62.4 Å². The van der Waals surface area contributed by atoms with Crippen LogP contribution in [0.2, 0.25) is 0 Å². The van der Waals surface area contributed by atoms with Gasteiger partial charge in [0, 0.05) is 32.9 Å². The zero-order chi connectivity index (χ0) is 39.1. The summed E-state index contributed by atoms with van der Waals surface area (Å²) >= 11 is 0. The molecule has 6 nitrogen and oxygen atoms in total. The standard InChI is InChI=1S/C50H66N4O2/c1-5-7-9-11-13-15-17-19-21-33-49(3)51-39-27-23-25-35-29-31-37(45(53-49)41(35)39)43-47(55)44(48(43)56)38-32-30-36-26-24-28-40-42(36)46(38)54-50(4,52-40)34-22-20-18-16-14-12-10-8-6-2/h23-32,51-53,55H,5-22,33-34H2,1-4H3/b44-38-. The highest BCUT2D eigenvalue weighted by atomic mass is 16.3. The monoisotopic (exact) mass is 755 g/mol. The molecule has 6 heteroatoms. The lowest BCUT2D eigenvalue weighted by molar-refractivity contribution is -0.109. The molecule has 4 aromatic carbocycles. The van der Waals surface area contributed by atoms with E-state index < -0.39 is 5.66 Å². The summed E-state index contributed by atoms with van der Waals surface area (Å²) in [6.07, 6.45) is 25.0. The maximum atomic E-state index is 14.5. The predicted octanol–water partition coefficient (Wildman–Crippen LogP) is 12.9. The van der Waals surface area contributed by atoms with Crippen LogP contribution in [-0.4, -0.2) is 22.2 Å². The minimum atomic E-state index is -0.497. The van der Waals surface area contributed by atoms with Gasteiger partial charge < -0.3 is 21.1 Å². The van der Waals surface area contributed by atoms with E-state index >= 15 is 0 Å². The maximum absolute atomic E-state index is 14.5. The van der Waals surface area contributed by atoms with Crippen LogP contribution in [0.4, 0.5) is 17.1 Å². The minimum Gasteiger partial charge on any atom is -0.506 e. The number of carbonyl (C=O) groups is 1. The van der Waals surface area contributed by atoms with E-state index in [1.807, 2.05) is 12.1 Å². The van der Waals surface area contributed by atoms with E-state index in [0.29, 0.717) is 11.1 Å². The molecular weight excluding hydrogens is 689 g/mol. The number of hydrogen-bond acceptors (Lipinski definition) is 6. The van der Waals surface area contributed by atoms with Gasteiger partial charge in [-0.1, -0.05) is 165 Å². The highest BCUT2D eigenvalue weighted by Crippen LogP contribution is 2.47. The van der Waals surface area contributed by atoms with Gasteiger partial charge in [-0.25, -0.2) is 0 Å². The summed E-state index contributed by atoms with van der Waals surface area (Å²) in [5.74, 6) is -0.0643. The van der Waals surface area contributed by atoms with E-state index in [1.165, 1.54) is 103 Å². The van der Waals surface area contributed by atoms with Crippen molar-refractivity contribution in [2.45, 2.75) is 167 Å². The number of hydrogen-bond donors (Lipinski definition) is 4. The van der Waals surface area contributed by atoms with E-state index in [-0.39, 0.29) is 17.2 Å². The molecule has 0 saturated carbocycles. The quantitative estimate of drug-likeness (QED) is 0.0637. The number of allylic oxidation sites excluding steroid dienone is 2. The molecule has 2 heterocycles. The Kier molecular flexibility index (Phi) is 12.7. The Morgan fingerprint density at radius 1 is 0.571 bits per heavy atom. The first-order chi connectivity index (χ1) is 27.3. The fraction of sp³-hybridized carbons (Fsp3) is 0.520. The van der Waals surface area contributed by atoms with Crippen molar-refractivity contribution in [3.8, 4) is 0 Å². The highest BCUT2D eigenvalue weighted by Gasteiger charge is 2.40. The molecule has 2 unspecified atom stereocenters. The number of nitrogens with one attached hydrogen (secondary N) is 3. The van der Waals surface area contributed by atoms with E-state index in [0.717, 1.165) is 80.4 Å². The van der Waals surface area contributed by atoms with Gasteiger partial charge in [0.1, 0.15) is 17.1 Å². The Labute approximate surface area is 335 Å². The zero-order valence-electron chi connectivity index (χ0n) is 34.7. The second kappa shape index (κ2) is 17.9. The Hall–Kier alpha value is -4.32. The molecule has 4 aromatic rings. The molecule has 0 radical (unpaired) electrons. The second-order valence-corrected chi connectivity index (χ2v) is 17.4. The van der Waals surface area contributed by atoms with E-state index in [9.17, 15) is 9.90 Å². The number of aliphatic hydroxyl groups is 1. The molecule has 1 aliphatic carbocycles. The first-order valence-electron chi connectivity index (χ1n) is 22.3. The summed E-state index contributed by atoms with van der Waals surface area (Å²) < 4.78 is 0. The van der Waals surface area contributed by atoms with Crippen molar-refractivity contribution in [2.75, 3.05) is 16.0 Å². The number of rotatable bonds is 21. The van der Waals surface area contributed by atoms with Crippen LogP contribution in [0.1, 0.15) is 162 Å². The number of unbranched alkanes of at least 4 members (excludes halogenated alkanes) is 16. The van der Waals surface area contributed by atoms with E-state index in [2.05, 4.69) is 92.2 Å². The number of ketones is 1. The average Bonchev–Trinajstić information content (AvgIpc) is 3.18. The Morgan fingerprint density at radius 2 is 1.11 bits per heavy atom. The number of benzene rings is 4. The lowest BCUT2D eigenvalue weighted by atomic mass is 9.79. The lowest BCUT2D eigenvalue weighted by Gasteiger charge is -2.40. The fourth-order valence-electron chi connectivity index (χ4n) is 9.49. The number of Topliss-reactive ketones (excluding diaryl/α,β-unsaturated/α-hetero) is 1. The van der Waals surface area contributed by atoms with Crippen molar-refractivity contribution in [1.29, 1.82) is 0 Å². The maximum Gasteiger partial charge on any atom is 0.201 e. The summed E-state index contributed by atoms with van der Waals surface area (Å²) in [5.41, 5.74) is 3.68. The Bertz CT molecular complexity index is 2200. The van der Waals surface area contributed by atoms with Crippen molar-refractivity contribution in [2.24, 2.45) is 4.99 Å². The summed E-state index contributed by atoms with van der Waals surface area (Å²) in [6.45, 7) is 8.94. The van der Waals surface area contributed by atoms with Crippen LogP contribution in [0.25, 0.3) is 32.7 Å². The third kappa shape index (κ3) is 8.50. The average molecular weight is 755 g/mol. The molecule has 2 atom stereocenters. The van der Waals surface area contributed by atoms with Crippen molar-refractivity contribution >= 4 is 55.5 Å². The van der Waals surface area contributed by atoms with Crippen molar-refractivity contribution in [3.63, 3.8) is 0 Å². The third-order valence-electron chi connectivity index (χ3n) is 12.7. The largest absolute Gasteiger partial charge is 0.506 e. The number of anilines is 3. The van der Waals surface area contributed by atoms with Crippen LogP contribution in [0, 0.1) is 0 Å². The van der Waals surface area contributed by atoms with Gasteiger partial charge in [0.25, 0.3) is 0 Å². The van der Waals surface area contributed by atoms with Gasteiger partial charge in [-0.15, -0.1) is 0 Å².